The SMILES string of the molecule is CCCCCSC1=NN2C(=c3ccccc3=NC2c2ccc(OCC)c(OC)c2)C(=O)N1. The molecule has 0 spiro atoms. The van der Waals surface area contributed by atoms with E-state index >= 15 is 0 Å². The Hall–Kier alpha value is -3.00. The van der Waals surface area contributed by atoms with Gasteiger partial charge in [0.05, 0.1) is 19.1 Å². The summed E-state index contributed by atoms with van der Waals surface area (Å²) in [7, 11) is 1.62. The molecule has 2 heterocycles. The zero-order valence-corrected chi connectivity index (χ0v) is 19.4. The van der Waals surface area contributed by atoms with Crippen LogP contribution in [0.15, 0.2) is 52.6 Å². The predicted octanol–water partition coefficient (Wildman–Crippen LogP) is 3.16. The lowest BCUT2D eigenvalue weighted by molar-refractivity contribution is -0.116. The maximum Gasteiger partial charge on any atom is 0.276 e. The lowest BCUT2D eigenvalue weighted by atomic mass is 10.1. The number of amidine groups is 1. The molecule has 7 nitrogen and oxygen atoms in total. The van der Waals surface area contributed by atoms with Gasteiger partial charge in [0.25, 0.3) is 5.91 Å². The fraction of sp³-hybridized carbons (Fsp3) is 0.375. The van der Waals surface area contributed by atoms with Crippen LogP contribution in [0.5, 0.6) is 11.5 Å². The molecule has 0 saturated heterocycles. The van der Waals surface area contributed by atoms with Gasteiger partial charge in [-0.3, -0.25) is 15.1 Å². The van der Waals surface area contributed by atoms with Crippen LogP contribution in [0.25, 0.3) is 5.70 Å². The first-order valence-electron chi connectivity index (χ1n) is 11.0. The molecule has 2 aromatic rings. The number of carbonyl (C=O) groups excluding carboxylic acids is 1. The van der Waals surface area contributed by atoms with Gasteiger partial charge in [-0.1, -0.05) is 55.8 Å². The number of rotatable bonds is 8. The molecule has 168 valence electrons. The number of carbonyl (C=O) groups is 1. The highest BCUT2D eigenvalue weighted by atomic mass is 32.2. The van der Waals surface area contributed by atoms with Crippen molar-refractivity contribution in [3.05, 3.63) is 58.6 Å². The van der Waals surface area contributed by atoms with Gasteiger partial charge in [0, 0.05) is 16.5 Å². The minimum atomic E-state index is -0.484. The van der Waals surface area contributed by atoms with Crippen molar-refractivity contribution in [2.75, 3.05) is 19.5 Å². The minimum Gasteiger partial charge on any atom is -0.493 e. The van der Waals surface area contributed by atoms with Gasteiger partial charge in [-0.2, -0.15) is 0 Å². The summed E-state index contributed by atoms with van der Waals surface area (Å²) in [4.78, 5) is 18.1. The normalized spacial score (nSPS) is 17.0. The number of hydrogen-bond acceptors (Lipinski definition) is 7. The molecule has 1 N–H and O–H groups in total. The molecule has 2 aromatic carbocycles. The Balaban J connectivity index is 1.77. The van der Waals surface area contributed by atoms with E-state index < -0.39 is 6.17 Å². The van der Waals surface area contributed by atoms with Gasteiger partial charge in [-0.15, -0.1) is 5.10 Å². The molecule has 0 bridgehead atoms. The van der Waals surface area contributed by atoms with Crippen molar-refractivity contribution in [1.29, 1.82) is 0 Å². The van der Waals surface area contributed by atoms with Crippen LogP contribution in [0.4, 0.5) is 0 Å². The number of benzene rings is 2. The van der Waals surface area contributed by atoms with Crippen LogP contribution in [-0.4, -0.2) is 35.6 Å². The maximum atomic E-state index is 13.2. The number of nitrogens with zero attached hydrogens (tertiary/aromatic N) is 3. The van der Waals surface area contributed by atoms with Crippen LogP contribution < -0.4 is 25.4 Å². The van der Waals surface area contributed by atoms with Crippen molar-refractivity contribution < 1.29 is 14.3 Å². The third-order valence-electron chi connectivity index (χ3n) is 5.29. The minimum absolute atomic E-state index is 0.164. The summed E-state index contributed by atoms with van der Waals surface area (Å²) >= 11 is 1.57. The lowest BCUT2D eigenvalue weighted by Crippen LogP contribution is -2.50. The number of amides is 1. The first kappa shape index (κ1) is 22.2. The summed E-state index contributed by atoms with van der Waals surface area (Å²) in [6, 6.07) is 13.4. The molecule has 32 heavy (non-hydrogen) atoms. The van der Waals surface area contributed by atoms with Crippen LogP contribution in [0.2, 0.25) is 0 Å². The molecule has 8 heteroatoms. The first-order chi connectivity index (χ1) is 15.7. The number of fused-ring (bicyclic) bond motifs is 2. The second-order valence-corrected chi connectivity index (χ2v) is 8.55. The molecule has 2 aliphatic heterocycles. The average molecular weight is 453 g/mol. The first-order valence-corrected chi connectivity index (χ1v) is 11.9. The Morgan fingerprint density at radius 1 is 1.12 bits per heavy atom. The van der Waals surface area contributed by atoms with Crippen molar-refractivity contribution in [1.82, 2.24) is 10.3 Å². The van der Waals surface area contributed by atoms with Crippen molar-refractivity contribution >= 4 is 28.5 Å². The van der Waals surface area contributed by atoms with Crippen LogP contribution in [0.3, 0.4) is 0 Å². The zero-order valence-electron chi connectivity index (χ0n) is 18.6. The van der Waals surface area contributed by atoms with Crippen LogP contribution in [0, 0.1) is 0 Å². The number of hydrazone groups is 1. The van der Waals surface area contributed by atoms with Crippen molar-refractivity contribution in [2.45, 2.75) is 39.3 Å². The summed E-state index contributed by atoms with van der Waals surface area (Å²) in [6.07, 6.45) is 2.91. The van der Waals surface area contributed by atoms with E-state index in [2.05, 4.69) is 12.2 Å². The quantitative estimate of drug-likeness (QED) is 0.623. The maximum absolute atomic E-state index is 13.2. The summed E-state index contributed by atoms with van der Waals surface area (Å²) in [5, 5.41) is 11.6. The van der Waals surface area contributed by atoms with E-state index in [1.54, 1.807) is 23.9 Å². The molecule has 0 aliphatic carbocycles. The van der Waals surface area contributed by atoms with Crippen LogP contribution in [-0.2, 0) is 4.79 Å². The number of methoxy groups -OCH3 is 1. The Labute approximate surface area is 192 Å². The van der Waals surface area contributed by atoms with Gasteiger partial charge in [0.15, 0.2) is 22.8 Å². The molecule has 1 atom stereocenters. The summed E-state index contributed by atoms with van der Waals surface area (Å²) < 4.78 is 11.2. The number of nitrogens with one attached hydrogen (secondary N) is 1. The second kappa shape index (κ2) is 10.1. The highest BCUT2D eigenvalue weighted by molar-refractivity contribution is 8.13. The van der Waals surface area contributed by atoms with Gasteiger partial charge in [-0.25, -0.2) is 5.01 Å². The van der Waals surface area contributed by atoms with Crippen LogP contribution in [0.1, 0.15) is 44.8 Å². The van der Waals surface area contributed by atoms with E-state index in [1.165, 1.54) is 0 Å². The average Bonchev–Trinajstić information content (AvgIpc) is 2.81. The van der Waals surface area contributed by atoms with E-state index in [9.17, 15) is 4.79 Å². The Bertz CT molecular complexity index is 1150. The third-order valence-corrected chi connectivity index (χ3v) is 6.24. The van der Waals surface area contributed by atoms with Crippen LogP contribution >= 0.6 is 11.8 Å². The molecule has 1 amide bonds. The molecular weight excluding hydrogens is 424 g/mol. The van der Waals surface area contributed by atoms with Crippen molar-refractivity contribution in [2.24, 2.45) is 10.1 Å². The van der Waals surface area contributed by atoms with E-state index in [1.807, 2.05) is 49.4 Å². The molecule has 0 saturated carbocycles. The van der Waals surface area contributed by atoms with E-state index in [0.29, 0.717) is 29.0 Å². The molecule has 0 radical (unpaired) electrons. The number of ether oxygens (including phenoxy) is 2. The fourth-order valence-electron chi connectivity index (χ4n) is 3.75. The third kappa shape index (κ3) is 4.46. The van der Waals surface area contributed by atoms with Gasteiger partial charge >= 0.3 is 0 Å². The van der Waals surface area contributed by atoms with E-state index in [4.69, 9.17) is 19.6 Å². The van der Waals surface area contributed by atoms with Crippen molar-refractivity contribution in [3.8, 4) is 11.5 Å². The summed E-state index contributed by atoms with van der Waals surface area (Å²) in [5.74, 6) is 2.04. The number of hydrogen-bond donors (Lipinski definition) is 1. The molecule has 0 fully saturated rings. The summed E-state index contributed by atoms with van der Waals surface area (Å²) in [6.45, 7) is 4.65. The molecule has 4 rings (SSSR count). The van der Waals surface area contributed by atoms with E-state index in [0.717, 1.165) is 41.2 Å². The number of thioether (sulfide) groups is 1. The zero-order chi connectivity index (χ0) is 22.5. The molecular formula is C24H28N4O3S. The number of para-hydroxylation sites is 1. The Kier molecular flexibility index (Phi) is 6.99. The van der Waals surface area contributed by atoms with Gasteiger partial charge < -0.3 is 9.47 Å². The summed E-state index contributed by atoms with van der Waals surface area (Å²) in [5.41, 5.74) is 1.37. The monoisotopic (exact) mass is 452 g/mol. The standard InChI is InChI=1S/C24H28N4O3S/c1-4-6-9-14-32-24-26-23(29)21-17-10-7-8-11-18(17)25-22(28(21)27-24)16-12-13-19(31-5-2)20(15-16)30-3/h7-8,10-13,15,22H,4-6,9,14H2,1-3H3,(H,26,27,29). The molecule has 1 unspecified atom stereocenters. The van der Waals surface area contributed by atoms with Gasteiger partial charge in [0.2, 0.25) is 0 Å². The smallest absolute Gasteiger partial charge is 0.276 e. The Morgan fingerprint density at radius 2 is 1.97 bits per heavy atom. The second-order valence-electron chi connectivity index (χ2n) is 7.47. The van der Waals surface area contributed by atoms with E-state index in [-0.39, 0.29) is 5.91 Å². The predicted molar refractivity (Wildman–Crippen MR) is 127 cm³/mol. The molecule has 2 aliphatic rings. The highest BCUT2D eigenvalue weighted by Gasteiger charge is 2.34. The number of unbranched alkanes of at least 4 members (excludes halogenated alkanes) is 2. The fourth-order valence-corrected chi connectivity index (χ4v) is 4.60. The molecule has 0 aromatic heterocycles. The topological polar surface area (TPSA) is 75.5 Å². The van der Waals surface area contributed by atoms with Gasteiger partial charge in [0.1, 0.15) is 5.70 Å². The largest absolute Gasteiger partial charge is 0.493 e. The Morgan fingerprint density at radius 3 is 2.75 bits per heavy atom. The van der Waals surface area contributed by atoms with Gasteiger partial charge in [-0.05, 0) is 31.5 Å². The lowest BCUT2D eigenvalue weighted by Gasteiger charge is -2.34. The van der Waals surface area contributed by atoms with Crippen molar-refractivity contribution in [3.63, 3.8) is 0 Å². The highest BCUT2D eigenvalue weighted by Crippen LogP contribution is 2.36.